The molecule has 0 bridgehead atoms. The molecule has 9 nitrogen and oxygen atoms in total. The lowest BCUT2D eigenvalue weighted by Gasteiger charge is -2.28. The van der Waals surface area contributed by atoms with Crippen LogP contribution in [0.1, 0.15) is 43.9 Å². The Morgan fingerprint density at radius 2 is 1.93 bits per heavy atom. The summed E-state index contributed by atoms with van der Waals surface area (Å²) in [5, 5.41) is 14.8. The van der Waals surface area contributed by atoms with Crippen molar-refractivity contribution in [1.82, 2.24) is 19.9 Å². The first-order valence-corrected chi connectivity index (χ1v) is 14.8. The third-order valence-electron chi connectivity index (χ3n) is 7.62. The van der Waals surface area contributed by atoms with E-state index in [2.05, 4.69) is 44.0 Å². The van der Waals surface area contributed by atoms with Gasteiger partial charge in [0.15, 0.2) is 11.2 Å². The van der Waals surface area contributed by atoms with Gasteiger partial charge in [0.2, 0.25) is 0 Å². The fourth-order valence-corrected chi connectivity index (χ4v) is 6.30. The molecule has 0 saturated carbocycles. The van der Waals surface area contributed by atoms with Gasteiger partial charge in [0.1, 0.15) is 5.65 Å². The van der Waals surface area contributed by atoms with Crippen molar-refractivity contribution in [3.8, 4) is 22.9 Å². The number of nitriles is 1. The summed E-state index contributed by atoms with van der Waals surface area (Å²) in [6.45, 7) is 5.81. The molecule has 4 heterocycles. The Morgan fingerprint density at radius 3 is 2.63 bits per heavy atom. The van der Waals surface area contributed by atoms with E-state index in [0.29, 0.717) is 34.0 Å². The highest BCUT2D eigenvalue weighted by molar-refractivity contribution is 7.81. The molecule has 1 saturated heterocycles. The van der Waals surface area contributed by atoms with E-state index in [1.807, 2.05) is 18.2 Å². The molecular weight excluding hydrogens is 545 g/mol. The zero-order valence-electron chi connectivity index (χ0n) is 22.6. The van der Waals surface area contributed by atoms with Crippen LogP contribution in [0.25, 0.3) is 44.0 Å². The number of benzene rings is 2. The molecule has 3 aromatic heterocycles. The molecule has 5 aromatic rings. The smallest absolute Gasteiger partial charge is 0.357 e. The number of nitrogens with zero attached hydrogens (tertiary/aromatic N) is 3. The van der Waals surface area contributed by atoms with Gasteiger partial charge < -0.3 is 19.1 Å². The number of aromatic amines is 1. The Balaban J connectivity index is 1.70. The minimum atomic E-state index is -5.22. The molecule has 0 amide bonds. The maximum Gasteiger partial charge on any atom is 0.488 e. The Bertz CT molecular complexity index is 2040. The van der Waals surface area contributed by atoms with Crippen molar-refractivity contribution in [2.45, 2.75) is 39.2 Å². The molecule has 0 radical (unpaired) electrons. The van der Waals surface area contributed by atoms with Gasteiger partial charge in [0.05, 0.1) is 28.7 Å². The van der Waals surface area contributed by atoms with Crippen molar-refractivity contribution >= 4 is 43.3 Å². The van der Waals surface area contributed by atoms with Gasteiger partial charge in [-0.2, -0.15) is 13.7 Å². The number of H-pyrrole nitrogens is 1. The molecule has 1 aliphatic heterocycles. The summed E-state index contributed by atoms with van der Waals surface area (Å²) in [4.78, 5) is 21.7. The van der Waals surface area contributed by atoms with Crippen LogP contribution in [0.3, 0.4) is 0 Å². The predicted molar refractivity (Wildman–Crippen MR) is 156 cm³/mol. The molecule has 2 N–H and O–H groups in total. The standard InChI is InChI=1S/C30H28FN5O4S/c1-17(2)9-19-12-25-27(13-24(19)20-11-22(16-34-15-20)40-41(31,38)39)36(21-5-7-33-8-6-21)30-28(29(25)37)23-4-3-18(14-32)10-26(23)35-30/h3-4,10-13,15-17,21,33,35H,5-9H2,1-2H3. The lowest BCUT2D eigenvalue weighted by atomic mass is 9.91. The van der Waals surface area contributed by atoms with Gasteiger partial charge in [-0.1, -0.05) is 23.8 Å². The predicted octanol–water partition coefficient (Wildman–Crippen LogP) is 5.29. The van der Waals surface area contributed by atoms with Crippen molar-refractivity contribution in [3.05, 3.63) is 70.1 Å². The van der Waals surface area contributed by atoms with Crippen LogP contribution < -0.4 is 14.9 Å². The average Bonchev–Trinajstić information content (AvgIpc) is 3.31. The number of pyridine rings is 2. The number of piperidine rings is 1. The zero-order valence-corrected chi connectivity index (χ0v) is 23.4. The van der Waals surface area contributed by atoms with Gasteiger partial charge in [-0.25, -0.2) is 0 Å². The summed E-state index contributed by atoms with van der Waals surface area (Å²) in [5.74, 6) is 0.00776. The van der Waals surface area contributed by atoms with Gasteiger partial charge in [-0.05, 0) is 79.7 Å². The molecule has 0 spiro atoms. The largest absolute Gasteiger partial charge is 0.488 e. The molecule has 11 heteroatoms. The summed E-state index contributed by atoms with van der Waals surface area (Å²) in [6, 6.07) is 12.9. The maximum absolute atomic E-state index is 14.2. The van der Waals surface area contributed by atoms with Gasteiger partial charge in [-0.3, -0.25) is 9.78 Å². The number of fused-ring (bicyclic) bond motifs is 4. The molecule has 0 unspecified atom stereocenters. The van der Waals surface area contributed by atoms with E-state index in [-0.39, 0.29) is 23.1 Å². The van der Waals surface area contributed by atoms with Crippen LogP contribution in [0.15, 0.2) is 53.6 Å². The second kappa shape index (κ2) is 10.3. The van der Waals surface area contributed by atoms with Gasteiger partial charge >= 0.3 is 10.5 Å². The molecule has 210 valence electrons. The Labute approximate surface area is 236 Å². The van der Waals surface area contributed by atoms with E-state index >= 15 is 0 Å². The number of rotatable bonds is 6. The number of halogens is 1. The first-order chi connectivity index (χ1) is 19.6. The van der Waals surface area contributed by atoms with E-state index in [0.717, 1.165) is 59.7 Å². The summed E-state index contributed by atoms with van der Waals surface area (Å²) in [6.07, 6.45) is 5.06. The van der Waals surface area contributed by atoms with Crippen molar-refractivity contribution in [3.63, 3.8) is 0 Å². The number of hydrogen-bond donors (Lipinski definition) is 2. The maximum atomic E-state index is 14.2. The Morgan fingerprint density at radius 1 is 1.15 bits per heavy atom. The molecule has 0 atom stereocenters. The number of nitrogens with one attached hydrogen (secondary N) is 2. The Kier molecular flexibility index (Phi) is 6.76. The highest BCUT2D eigenvalue weighted by Crippen LogP contribution is 2.36. The van der Waals surface area contributed by atoms with E-state index < -0.39 is 10.5 Å². The fraction of sp³-hybridized carbons (Fsp3) is 0.300. The topological polar surface area (TPSA) is 130 Å². The van der Waals surface area contributed by atoms with Crippen LogP contribution in [-0.4, -0.2) is 36.0 Å². The molecular formula is C30H28FN5O4S. The zero-order chi connectivity index (χ0) is 28.9. The minimum absolute atomic E-state index is 0.0959. The fourth-order valence-electron chi connectivity index (χ4n) is 5.98. The Hall–Kier alpha value is -4.27. The molecule has 41 heavy (non-hydrogen) atoms. The van der Waals surface area contributed by atoms with E-state index in [1.165, 1.54) is 6.07 Å². The second-order valence-electron chi connectivity index (χ2n) is 10.9. The van der Waals surface area contributed by atoms with Crippen molar-refractivity contribution in [1.29, 1.82) is 5.26 Å². The van der Waals surface area contributed by atoms with E-state index in [1.54, 1.807) is 18.3 Å². The average molecular weight is 574 g/mol. The lowest BCUT2D eigenvalue weighted by molar-refractivity contribution is 0.381. The quantitative estimate of drug-likeness (QED) is 0.264. The summed E-state index contributed by atoms with van der Waals surface area (Å²) >= 11 is 0. The van der Waals surface area contributed by atoms with Crippen LogP contribution >= 0.6 is 0 Å². The van der Waals surface area contributed by atoms with Gasteiger partial charge in [-0.15, -0.1) is 0 Å². The SMILES string of the molecule is CC(C)Cc1cc2c(=O)c3c4ccc(C#N)cc4[nH]c3n(C3CCNCC3)c2cc1-c1cncc(OS(=O)(=O)F)c1. The van der Waals surface area contributed by atoms with Crippen LogP contribution in [0.5, 0.6) is 5.75 Å². The molecule has 1 fully saturated rings. The minimum Gasteiger partial charge on any atom is -0.357 e. The normalized spacial score (nSPS) is 14.7. The first kappa shape index (κ1) is 26.9. The third-order valence-corrected chi connectivity index (χ3v) is 8.01. The highest BCUT2D eigenvalue weighted by atomic mass is 32.3. The van der Waals surface area contributed by atoms with Crippen LogP contribution in [-0.2, 0) is 16.9 Å². The lowest BCUT2D eigenvalue weighted by Crippen LogP contribution is -2.30. The van der Waals surface area contributed by atoms with Crippen molar-refractivity contribution < 1.29 is 16.5 Å². The summed E-state index contributed by atoms with van der Waals surface area (Å²) < 4.78 is 42.3. The van der Waals surface area contributed by atoms with Gasteiger partial charge in [0.25, 0.3) is 0 Å². The summed E-state index contributed by atoms with van der Waals surface area (Å²) in [7, 11) is -5.22. The van der Waals surface area contributed by atoms with Crippen molar-refractivity contribution in [2.75, 3.05) is 13.1 Å². The molecule has 0 aliphatic carbocycles. The third kappa shape index (κ3) is 5.05. The van der Waals surface area contributed by atoms with Crippen LogP contribution in [0.4, 0.5) is 3.89 Å². The molecule has 2 aromatic carbocycles. The monoisotopic (exact) mass is 573 g/mol. The first-order valence-electron chi connectivity index (χ1n) is 13.5. The van der Waals surface area contributed by atoms with Crippen LogP contribution in [0, 0.1) is 17.2 Å². The molecule has 1 aliphatic rings. The highest BCUT2D eigenvalue weighted by Gasteiger charge is 2.25. The molecule has 6 rings (SSSR count). The van der Waals surface area contributed by atoms with Crippen LogP contribution in [0.2, 0.25) is 0 Å². The second-order valence-corrected chi connectivity index (χ2v) is 11.9. The van der Waals surface area contributed by atoms with E-state index in [4.69, 9.17) is 0 Å². The summed E-state index contributed by atoms with van der Waals surface area (Å²) in [5.41, 5.74) is 4.72. The number of aromatic nitrogens is 3. The van der Waals surface area contributed by atoms with Gasteiger partial charge in [0, 0.05) is 34.1 Å². The number of hydrogen-bond acceptors (Lipinski definition) is 7. The van der Waals surface area contributed by atoms with Crippen molar-refractivity contribution in [2.24, 2.45) is 5.92 Å². The van der Waals surface area contributed by atoms with E-state index in [9.17, 15) is 22.4 Å².